The topological polar surface area (TPSA) is 45.2 Å². The van der Waals surface area contributed by atoms with Gasteiger partial charge in [0.2, 0.25) is 5.91 Å². The minimum Gasteiger partial charge on any atom is -0.338 e. The van der Waals surface area contributed by atoms with Crippen molar-refractivity contribution in [3.8, 4) is 0 Å². The zero-order chi connectivity index (χ0) is 13.2. The van der Waals surface area contributed by atoms with E-state index in [4.69, 9.17) is 0 Å². The van der Waals surface area contributed by atoms with Gasteiger partial charge in [-0.3, -0.25) is 9.78 Å². The van der Waals surface area contributed by atoms with Crippen LogP contribution in [0.15, 0.2) is 24.5 Å². The van der Waals surface area contributed by atoms with Crippen molar-refractivity contribution in [2.24, 2.45) is 5.41 Å². The fourth-order valence-electron chi connectivity index (χ4n) is 2.47. The number of carbonyl (C=O) groups excluding carboxylic acids is 1. The van der Waals surface area contributed by atoms with Gasteiger partial charge < -0.3 is 10.2 Å². The number of amides is 1. The summed E-state index contributed by atoms with van der Waals surface area (Å²) in [5, 5.41) is 3.27. The van der Waals surface area contributed by atoms with Crippen molar-refractivity contribution in [3.63, 3.8) is 0 Å². The lowest BCUT2D eigenvalue weighted by atomic mass is 9.87. The molecule has 0 spiro atoms. The number of pyridine rings is 1. The monoisotopic (exact) mass is 247 g/mol. The lowest BCUT2D eigenvalue weighted by molar-refractivity contribution is -0.140. The molecule has 0 radical (unpaired) electrons. The second-order valence-electron chi connectivity index (χ2n) is 5.36. The van der Waals surface area contributed by atoms with Crippen LogP contribution in [-0.2, 0) is 4.79 Å². The maximum absolute atomic E-state index is 12.6. The molecule has 0 aliphatic carbocycles. The van der Waals surface area contributed by atoms with Crippen LogP contribution in [0.3, 0.4) is 0 Å². The van der Waals surface area contributed by atoms with Crippen molar-refractivity contribution in [3.05, 3.63) is 30.1 Å². The molecular formula is C14H21N3O. The molecule has 0 aromatic carbocycles. The third-order valence-corrected chi connectivity index (χ3v) is 3.97. The van der Waals surface area contributed by atoms with Crippen molar-refractivity contribution >= 4 is 5.91 Å². The first-order chi connectivity index (χ1) is 8.54. The third kappa shape index (κ3) is 2.38. The molecule has 1 fully saturated rings. The van der Waals surface area contributed by atoms with Crippen molar-refractivity contribution in [1.29, 1.82) is 0 Å². The molecular weight excluding hydrogens is 226 g/mol. The standard InChI is InChI=1S/C14H21N3O/c1-11(12-4-7-15-8-5-12)17(3)13(18)14(2)6-9-16-10-14/h4-5,7-8,11,16H,6,9-10H2,1-3H3. The molecule has 2 heterocycles. The van der Waals surface area contributed by atoms with Gasteiger partial charge in [-0.1, -0.05) is 0 Å². The first-order valence-electron chi connectivity index (χ1n) is 6.42. The molecule has 0 saturated carbocycles. The minimum absolute atomic E-state index is 0.0814. The van der Waals surface area contributed by atoms with Crippen LogP contribution in [0.4, 0.5) is 0 Å². The van der Waals surface area contributed by atoms with Gasteiger partial charge in [0.05, 0.1) is 11.5 Å². The smallest absolute Gasteiger partial charge is 0.230 e. The van der Waals surface area contributed by atoms with Gasteiger partial charge in [0.1, 0.15) is 0 Å². The van der Waals surface area contributed by atoms with Crippen LogP contribution in [0.5, 0.6) is 0 Å². The highest BCUT2D eigenvalue weighted by atomic mass is 16.2. The first kappa shape index (κ1) is 13.0. The van der Waals surface area contributed by atoms with Gasteiger partial charge in [0, 0.05) is 26.0 Å². The quantitative estimate of drug-likeness (QED) is 0.882. The summed E-state index contributed by atoms with van der Waals surface area (Å²) in [6, 6.07) is 4.01. The lowest BCUT2D eigenvalue weighted by Crippen LogP contribution is -2.42. The Hall–Kier alpha value is -1.42. The van der Waals surface area contributed by atoms with Gasteiger partial charge in [0.15, 0.2) is 0 Å². The Morgan fingerprint density at radius 3 is 2.72 bits per heavy atom. The van der Waals surface area contributed by atoms with Gasteiger partial charge in [0.25, 0.3) is 0 Å². The predicted molar refractivity (Wildman–Crippen MR) is 71.0 cm³/mol. The Balaban J connectivity index is 2.11. The summed E-state index contributed by atoms with van der Waals surface area (Å²) in [7, 11) is 1.89. The van der Waals surface area contributed by atoms with E-state index in [9.17, 15) is 4.79 Å². The molecule has 1 amide bonds. The van der Waals surface area contributed by atoms with Gasteiger partial charge >= 0.3 is 0 Å². The molecule has 98 valence electrons. The van der Waals surface area contributed by atoms with Crippen molar-refractivity contribution in [2.75, 3.05) is 20.1 Å². The summed E-state index contributed by atoms with van der Waals surface area (Å²) in [6.45, 7) is 5.81. The van der Waals surface area contributed by atoms with E-state index in [2.05, 4.69) is 17.2 Å². The number of rotatable bonds is 3. The maximum Gasteiger partial charge on any atom is 0.230 e. The maximum atomic E-state index is 12.6. The average molecular weight is 247 g/mol. The second-order valence-corrected chi connectivity index (χ2v) is 5.36. The summed E-state index contributed by atoms with van der Waals surface area (Å²) in [6.07, 6.45) is 4.45. The summed E-state index contributed by atoms with van der Waals surface area (Å²) in [5.41, 5.74) is 0.867. The van der Waals surface area contributed by atoms with Crippen LogP contribution >= 0.6 is 0 Å². The Labute approximate surface area is 108 Å². The lowest BCUT2D eigenvalue weighted by Gasteiger charge is -2.32. The van der Waals surface area contributed by atoms with E-state index in [0.717, 1.165) is 25.1 Å². The average Bonchev–Trinajstić information content (AvgIpc) is 2.85. The van der Waals surface area contributed by atoms with Crippen LogP contribution in [0.25, 0.3) is 0 Å². The zero-order valence-corrected chi connectivity index (χ0v) is 11.3. The van der Waals surface area contributed by atoms with Crippen molar-refractivity contribution in [1.82, 2.24) is 15.2 Å². The fraction of sp³-hybridized carbons (Fsp3) is 0.571. The highest BCUT2D eigenvalue weighted by Crippen LogP contribution is 2.30. The molecule has 1 aromatic rings. The number of aromatic nitrogens is 1. The summed E-state index contributed by atoms with van der Waals surface area (Å²) >= 11 is 0. The van der Waals surface area contributed by atoms with Gasteiger partial charge in [-0.05, 0) is 44.5 Å². The molecule has 4 heteroatoms. The Morgan fingerprint density at radius 1 is 1.50 bits per heavy atom. The van der Waals surface area contributed by atoms with Crippen LogP contribution < -0.4 is 5.32 Å². The van der Waals surface area contributed by atoms with E-state index in [1.165, 1.54) is 0 Å². The van der Waals surface area contributed by atoms with Crippen molar-refractivity contribution < 1.29 is 4.79 Å². The van der Waals surface area contributed by atoms with Crippen molar-refractivity contribution in [2.45, 2.75) is 26.3 Å². The number of hydrogen-bond acceptors (Lipinski definition) is 3. The SMILES string of the molecule is CC(c1ccncc1)N(C)C(=O)C1(C)CCNC1. The molecule has 2 unspecified atom stereocenters. The van der Waals surface area contributed by atoms with E-state index in [1.54, 1.807) is 12.4 Å². The van der Waals surface area contributed by atoms with Gasteiger partial charge in [-0.2, -0.15) is 0 Å². The van der Waals surface area contributed by atoms with Crippen LogP contribution in [0, 0.1) is 5.41 Å². The van der Waals surface area contributed by atoms with E-state index < -0.39 is 0 Å². The highest BCUT2D eigenvalue weighted by Gasteiger charge is 2.39. The summed E-state index contributed by atoms with van der Waals surface area (Å²) in [4.78, 5) is 18.4. The fourth-order valence-corrected chi connectivity index (χ4v) is 2.47. The second kappa shape index (κ2) is 5.06. The van der Waals surface area contributed by atoms with Crippen LogP contribution in [-0.4, -0.2) is 35.9 Å². The minimum atomic E-state index is -0.254. The van der Waals surface area contributed by atoms with E-state index in [0.29, 0.717) is 0 Å². The normalized spacial score (nSPS) is 24.8. The molecule has 18 heavy (non-hydrogen) atoms. The number of carbonyl (C=O) groups is 1. The van der Waals surface area contributed by atoms with E-state index in [1.807, 2.05) is 31.0 Å². The third-order valence-electron chi connectivity index (χ3n) is 3.97. The number of nitrogens with zero attached hydrogens (tertiary/aromatic N) is 2. The summed E-state index contributed by atoms with van der Waals surface area (Å²) in [5.74, 6) is 0.219. The number of hydrogen-bond donors (Lipinski definition) is 1. The van der Waals surface area contributed by atoms with Crippen LogP contribution in [0.2, 0.25) is 0 Å². The molecule has 1 aliphatic heterocycles. The molecule has 1 aromatic heterocycles. The summed E-state index contributed by atoms with van der Waals surface area (Å²) < 4.78 is 0. The largest absolute Gasteiger partial charge is 0.338 e. The molecule has 0 bridgehead atoms. The van der Waals surface area contributed by atoms with Crippen LogP contribution in [0.1, 0.15) is 31.9 Å². The molecule has 1 N–H and O–H groups in total. The molecule has 1 aliphatic rings. The predicted octanol–water partition coefficient (Wildman–Crippen LogP) is 1.60. The Morgan fingerprint density at radius 2 is 2.17 bits per heavy atom. The highest BCUT2D eigenvalue weighted by molar-refractivity contribution is 5.83. The van der Waals surface area contributed by atoms with E-state index >= 15 is 0 Å². The van der Waals surface area contributed by atoms with Gasteiger partial charge in [-0.15, -0.1) is 0 Å². The molecule has 2 rings (SSSR count). The van der Waals surface area contributed by atoms with E-state index in [-0.39, 0.29) is 17.4 Å². The Bertz CT molecular complexity index is 412. The Kier molecular flexibility index (Phi) is 3.66. The molecule has 2 atom stereocenters. The van der Waals surface area contributed by atoms with Gasteiger partial charge in [-0.25, -0.2) is 0 Å². The zero-order valence-electron chi connectivity index (χ0n) is 11.3. The first-order valence-corrected chi connectivity index (χ1v) is 6.42. The number of nitrogens with one attached hydrogen (secondary N) is 1. The molecule has 1 saturated heterocycles. The molecule has 4 nitrogen and oxygen atoms in total.